The van der Waals surface area contributed by atoms with E-state index in [1.165, 1.54) is 12.8 Å². The zero-order valence-electron chi connectivity index (χ0n) is 12.8. The first kappa shape index (κ1) is 19.1. The minimum Gasteiger partial charge on any atom is -0.447 e. The molecule has 0 spiro atoms. The highest BCUT2D eigenvalue weighted by molar-refractivity contribution is 5.66. The van der Waals surface area contributed by atoms with Crippen molar-refractivity contribution in [3.8, 4) is 0 Å². The maximum Gasteiger partial charge on any atom is 0.407 e. The average molecular weight is 291 g/mol. The van der Waals surface area contributed by atoms with E-state index in [-0.39, 0.29) is 12.7 Å². The molecule has 0 aliphatic heterocycles. The molecule has 0 aliphatic carbocycles. The summed E-state index contributed by atoms with van der Waals surface area (Å²) >= 11 is 0. The topological polar surface area (TPSA) is 66.0 Å². The molecule has 6 nitrogen and oxygen atoms in total. The Labute approximate surface area is 122 Å². The van der Waals surface area contributed by atoms with Gasteiger partial charge in [0.25, 0.3) is 0 Å². The number of hydrogen-bond acceptors (Lipinski definition) is 5. The Morgan fingerprint density at radius 3 is 2.20 bits per heavy atom. The fourth-order valence-electron chi connectivity index (χ4n) is 1.45. The van der Waals surface area contributed by atoms with E-state index < -0.39 is 0 Å². The summed E-state index contributed by atoms with van der Waals surface area (Å²) in [5.41, 5.74) is 0. The fourth-order valence-corrected chi connectivity index (χ4v) is 1.45. The number of rotatable bonds is 14. The van der Waals surface area contributed by atoms with E-state index >= 15 is 0 Å². The summed E-state index contributed by atoms with van der Waals surface area (Å²) in [6.07, 6.45) is 4.16. The van der Waals surface area contributed by atoms with Gasteiger partial charge in [-0.25, -0.2) is 4.79 Å². The van der Waals surface area contributed by atoms with Gasteiger partial charge < -0.3 is 24.3 Å². The lowest BCUT2D eigenvalue weighted by atomic mass is 10.2. The van der Waals surface area contributed by atoms with E-state index in [0.717, 1.165) is 12.8 Å². The number of amides is 1. The predicted molar refractivity (Wildman–Crippen MR) is 77.0 cm³/mol. The first-order chi connectivity index (χ1) is 9.81. The Bertz CT molecular complexity index is 214. The van der Waals surface area contributed by atoms with Crippen molar-refractivity contribution in [1.29, 1.82) is 0 Å². The highest BCUT2D eigenvalue weighted by Gasteiger charge is 2.00. The summed E-state index contributed by atoms with van der Waals surface area (Å²) in [6, 6.07) is 0. The van der Waals surface area contributed by atoms with Crippen LogP contribution in [0.3, 0.4) is 0 Å². The van der Waals surface area contributed by atoms with E-state index in [4.69, 9.17) is 18.9 Å². The second-order valence-electron chi connectivity index (χ2n) is 4.34. The third kappa shape index (κ3) is 15.2. The van der Waals surface area contributed by atoms with Crippen LogP contribution in [0.1, 0.15) is 32.6 Å². The van der Waals surface area contributed by atoms with Crippen LogP contribution in [-0.4, -0.2) is 59.4 Å². The maximum atomic E-state index is 11.3. The lowest BCUT2D eigenvalue weighted by molar-refractivity contribution is 0.0131. The van der Waals surface area contributed by atoms with Gasteiger partial charge in [0.05, 0.1) is 33.0 Å². The molecule has 0 saturated heterocycles. The van der Waals surface area contributed by atoms with Gasteiger partial charge in [0.1, 0.15) is 6.61 Å². The molecule has 0 aliphatic rings. The van der Waals surface area contributed by atoms with E-state index in [1.807, 2.05) is 0 Å². The van der Waals surface area contributed by atoms with Gasteiger partial charge in [-0.15, -0.1) is 0 Å². The molecule has 0 saturated carbocycles. The Hall–Kier alpha value is -0.850. The molecule has 0 heterocycles. The van der Waals surface area contributed by atoms with Crippen molar-refractivity contribution in [2.75, 3.05) is 53.3 Å². The van der Waals surface area contributed by atoms with Crippen molar-refractivity contribution < 1.29 is 23.7 Å². The van der Waals surface area contributed by atoms with Crippen LogP contribution in [-0.2, 0) is 18.9 Å². The van der Waals surface area contributed by atoms with E-state index in [2.05, 4.69) is 12.2 Å². The van der Waals surface area contributed by atoms with Gasteiger partial charge in [0.15, 0.2) is 0 Å². The van der Waals surface area contributed by atoms with Gasteiger partial charge >= 0.3 is 6.09 Å². The molecule has 0 aromatic carbocycles. The molecule has 0 aromatic rings. The van der Waals surface area contributed by atoms with Crippen LogP contribution in [0.25, 0.3) is 0 Å². The largest absolute Gasteiger partial charge is 0.447 e. The van der Waals surface area contributed by atoms with Gasteiger partial charge in [-0.05, 0) is 6.42 Å². The molecule has 1 amide bonds. The molecule has 0 radical (unpaired) electrons. The van der Waals surface area contributed by atoms with Crippen LogP contribution in [0.5, 0.6) is 0 Å². The van der Waals surface area contributed by atoms with Gasteiger partial charge in [-0.3, -0.25) is 0 Å². The average Bonchev–Trinajstić information content (AvgIpc) is 2.45. The summed E-state index contributed by atoms with van der Waals surface area (Å²) < 4.78 is 20.3. The van der Waals surface area contributed by atoms with Gasteiger partial charge in [-0.2, -0.15) is 0 Å². The Balaban J connectivity index is 3.11. The fraction of sp³-hybridized carbons (Fsp3) is 0.929. The van der Waals surface area contributed by atoms with Crippen molar-refractivity contribution in [1.82, 2.24) is 5.32 Å². The number of methoxy groups -OCH3 is 1. The van der Waals surface area contributed by atoms with Crippen LogP contribution in [0, 0.1) is 0 Å². The molecule has 20 heavy (non-hydrogen) atoms. The number of unbranched alkanes of at least 4 members (excludes halogenated alkanes) is 3. The summed E-state index contributed by atoms with van der Waals surface area (Å²) in [4.78, 5) is 11.3. The minimum absolute atomic E-state index is 0.263. The number of nitrogens with one attached hydrogen (secondary N) is 1. The third-order valence-corrected chi connectivity index (χ3v) is 2.56. The zero-order chi connectivity index (χ0) is 14.9. The highest BCUT2D eigenvalue weighted by atomic mass is 16.6. The molecule has 6 heteroatoms. The number of carbonyl (C=O) groups is 1. The first-order valence-corrected chi connectivity index (χ1v) is 7.36. The second-order valence-corrected chi connectivity index (χ2v) is 4.34. The lowest BCUT2D eigenvalue weighted by Gasteiger charge is -2.08. The summed E-state index contributed by atoms with van der Waals surface area (Å²) in [7, 11) is 1.63. The molecule has 0 atom stereocenters. The predicted octanol–water partition coefficient (Wildman–Crippen LogP) is 1.97. The third-order valence-electron chi connectivity index (χ3n) is 2.56. The Morgan fingerprint density at radius 1 is 0.900 bits per heavy atom. The second kappa shape index (κ2) is 16.2. The molecule has 0 aromatic heterocycles. The quantitative estimate of drug-likeness (QED) is 0.496. The molecule has 0 bridgehead atoms. The van der Waals surface area contributed by atoms with Gasteiger partial charge in [0, 0.05) is 13.7 Å². The molecule has 0 fully saturated rings. The Morgan fingerprint density at radius 2 is 1.55 bits per heavy atom. The first-order valence-electron chi connectivity index (χ1n) is 7.36. The van der Waals surface area contributed by atoms with Crippen molar-refractivity contribution in [3.05, 3.63) is 0 Å². The Kier molecular flexibility index (Phi) is 15.5. The van der Waals surface area contributed by atoms with Crippen molar-refractivity contribution in [3.63, 3.8) is 0 Å². The van der Waals surface area contributed by atoms with Crippen LogP contribution < -0.4 is 5.32 Å². The number of ether oxygens (including phenoxy) is 4. The van der Waals surface area contributed by atoms with Crippen molar-refractivity contribution in [2.24, 2.45) is 0 Å². The normalized spacial score (nSPS) is 10.5. The van der Waals surface area contributed by atoms with Crippen LogP contribution >= 0.6 is 0 Å². The van der Waals surface area contributed by atoms with Crippen LogP contribution in [0.4, 0.5) is 4.79 Å². The molecule has 0 unspecified atom stereocenters. The minimum atomic E-state index is -0.374. The highest BCUT2D eigenvalue weighted by Crippen LogP contribution is 1.97. The maximum absolute atomic E-state index is 11.3. The van der Waals surface area contributed by atoms with E-state index in [1.54, 1.807) is 7.11 Å². The van der Waals surface area contributed by atoms with Crippen molar-refractivity contribution >= 4 is 6.09 Å². The van der Waals surface area contributed by atoms with Gasteiger partial charge in [0.2, 0.25) is 0 Å². The summed E-state index contributed by atoms with van der Waals surface area (Å²) in [5, 5.41) is 2.71. The zero-order valence-corrected chi connectivity index (χ0v) is 12.8. The number of carbonyl (C=O) groups excluding carboxylic acids is 1. The molecule has 0 rings (SSSR count). The standard InChI is InChI=1S/C14H29NO5/c1-3-4-5-6-7-15-14(16)20-13-12-19-11-10-18-9-8-17-2/h3-13H2,1-2H3,(H,15,16). The van der Waals surface area contributed by atoms with Crippen LogP contribution in [0.15, 0.2) is 0 Å². The lowest BCUT2D eigenvalue weighted by Crippen LogP contribution is -2.26. The molecule has 120 valence electrons. The van der Waals surface area contributed by atoms with Gasteiger partial charge in [-0.1, -0.05) is 26.2 Å². The van der Waals surface area contributed by atoms with E-state index in [0.29, 0.717) is 39.6 Å². The molecular formula is C14H29NO5. The van der Waals surface area contributed by atoms with Crippen molar-refractivity contribution in [2.45, 2.75) is 32.6 Å². The number of hydrogen-bond donors (Lipinski definition) is 1. The SMILES string of the molecule is CCCCCCNC(=O)OCCOCCOCCOC. The summed E-state index contributed by atoms with van der Waals surface area (Å²) in [6.45, 7) is 5.64. The molecular weight excluding hydrogens is 262 g/mol. The van der Waals surface area contributed by atoms with Crippen LogP contribution in [0.2, 0.25) is 0 Å². The molecule has 1 N–H and O–H groups in total. The monoisotopic (exact) mass is 291 g/mol. The van der Waals surface area contributed by atoms with E-state index in [9.17, 15) is 4.79 Å². The smallest absolute Gasteiger partial charge is 0.407 e. The summed E-state index contributed by atoms with van der Waals surface area (Å²) in [5.74, 6) is 0. The number of alkyl carbamates (subject to hydrolysis) is 1.